The molecule has 2 amide bonds. The van der Waals surface area contributed by atoms with Gasteiger partial charge in [0.1, 0.15) is 0 Å². The zero-order valence-corrected chi connectivity index (χ0v) is 27.0. The zero-order chi connectivity index (χ0) is 33.4. The van der Waals surface area contributed by atoms with Gasteiger partial charge < -0.3 is 25.5 Å². The number of aliphatic hydroxyl groups excluding tert-OH is 1. The molecule has 3 fully saturated rings. The number of aromatic nitrogens is 2. The number of nitrogens with one attached hydrogen (secondary N) is 3. The van der Waals surface area contributed by atoms with Crippen LogP contribution in [0.25, 0.3) is 0 Å². The first kappa shape index (κ1) is 32.7. The highest BCUT2D eigenvalue weighted by Crippen LogP contribution is 2.54. The van der Waals surface area contributed by atoms with Crippen LogP contribution in [0.2, 0.25) is 0 Å². The molecule has 0 unspecified atom stereocenters. The van der Waals surface area contributed by atoms with Crippen LogP contribution >= 0.6 is 0 Å². The smallest absolute Gasteiger partial charge is 0.257 e. The number of hydrogen-bond donors (Lipinski definition) is 4. The molecule has 2 aromatic carbocycles. The number of rotatable bonds is 10. The van der Waals surface area contributed by atoms with Gasteiger partial charge in [0.25, 0.3) is 17.7 Å². The van der Waals surface area contributed by atoms with E-state index < -0.39 is 40.1 Å². The van der Waals surface area contributed by atoms with E-state index in [1.54, 1.807) is 53.2 Å². The van der Waals surface area contributed by atoms with E-state index in [1.165, 1.54) is 25.1 Å². The number of aliphatic hydroxyl groups is 1. The number of nitrogens with zero attached hydrogens (tertiary/aromatic N) is 4. The van der Waals surface area contributed by atoms with Crippen molar-refractivity contribution in [3.05, 3.63) is 59.9 Å². The third-order valence-electron chi connectivity index (χ3n) is 9.30. The minimum Gasteiger partial charge on any atom is -0.395 e. The molecule has 12 nitrogen and oxygen atoms in total. The first-order valence-electron chi connectivity index (χ1n) is 15.7. The Labute approximate surface area is 272 Å². The number of anilines is 5. The third-order valence-corrected chi connectivity index (χ3v) is 10.6. The fourth-order valence-electron chi connectivity index (χ4n) is 6.32. The normalized spacial score (nSPS) is 18.6. The van der Waals surface area contributed by atoms with Crippen LogP contribution in [0.3, 0.4) is 0 Å². The Morgan fingerprint density at radius 1 is 0.830 bits per heavy atom. The lowest BCUT2D eigenvalue weighted by atomic mass is 9.93. The average molecular weight is 672 g/mol. The molecule has 3 heterocycles. The van der Waals surface area contributed by atoms with Crippen LogP contribution in [0, 0.1) is 5.41 Å². The summed E-state index contributed by atoms with van der Waals surface area (Å²) in [6, 6.07) is 9.47. The number of sulfonamides is 1. The maximum Gasteiger partial charge on any atom is 0.257 e. The predicted octanol–water partition coefficient (Wildman–Crippen LogP) is 4.27. The molecule has 1 aliphatic carbocycles. The fraction of sp³-hybridized carbons (Fsp3) is 0.469. The molecule has 2 aliphatic heterocycles. The Morgan fingerprint density at radius 3 is 1.89 bits per heavy atom. The van der Waals surface area contributed by atoms with Gasteiger partial charge in [0.15, 0.2) is 0 Å². The molecule has 6 rings (SSSR count). The standard InChI is InChI=1S/C32H39F2N7O5S/c1-39-21-24(20-35-39)37-30(44)25-4-2-22(18-27(25)41-14-10-32(33,34)11-15-41)36-29(43)26-5-3-23(38-47(45,46)17-16-42)19-28(26)40-12-8-31(6-7-31)9-13-40/h2-5,18-21,38,42H,6-17H2,1H3,(H,36,43)(H,37,44). The molecule has 15 heteroatoms. The van der Waals surface area contributed by atoms with E-state index in [4.69, 9.17) is 5.11 Å². The number of carbonyl (C=O) groups excluding carboxylic acids is 2. The number of piperidine rings is 2. The van der Waals surface area contributed by atoms with E-state index in [0.717, 1.165) is 25.9 Å². The highest BCUT2D eigenvalue weighted by atomic mass is 32.2. The number of hydrogen-bond acceptors (Lipinski definition) is 8. The molecule has 1 saturated carbocycles. The molecule has 0 radical (unpaired) electrons. The Bertz CT molecular complexity index is 1760. The van der Waals surface area contributed by atoms with Crippen molar-refractivity contribution in [2.24, 2.45) is 12.5 Å². The molecular weight excluding hydrogens is 632 g/mol. The summed E-state index contributed by atoms with van der Waals surface area (Å²) >= 11 is 0. The van der Waals surface area contributed by atoms with Crippen molar-refractivity contribution in [3.8, 4) is 0 Å². The summed E-state index contributed by atoms with van der Waals surface area (Å²) in [6.45, 7) is 0.982. The second kappa shape index (κ2) is 12.8. The predicted molar refractivity (Wildman–Crippen MR) is 176 cm³/mol. The van der Waals surface area contributed by atoms with Gasteiger partial charge in [0, 0.05) is 58.0 Å². The highest BCUT2D eigenvalue weighted by Gasteiger charge is 2.44. The molecule has 3 aromatic rings. The summed E-state index contributed by atoms with van der Waals surface area (Å²) < 4.78 is 56.9. The second-order valence-electron chi connectivity index (χ2n) is 12.7. The number of benzene rings is 2. The third kappa shape index (κ3) is 7.67. The van der Waals surface area contributed by atoms with Gasteiger partial charge in [0.05, 0.1) is 52.4 Å². The van der Waals surface area contributed by atoms with E-state index in [0.29, 0.717) is 33.7 Å². The molecule has 1 spiro atoms. The van der Waals surface area contributed by atoms with Crippen LogP contribution < -0.4 is 25.2 Å². The quantitative estimate of drug-likeness (QED) is 0.250. The Morgan fingerprint density at radius 2 is 1.36 bits per heavy atom. The summed E-state index contributed by atoms with van der Waals surface area (Å²) in [5.41, 5.74) is 3.09. The molecular formula is C32H39F2N7O5S. The van der Waals surface area contributed by atoms with Crippen LogP contribution in [0.5, 0.6) is 0 Å². The molecule has 2 saturated heterocycles. The Hall–Kier alpha value is -4.24. The van der Waals surface area contributed by atoms with Crippen molar-refractivity contribution in [3.63, 3.8) is 0 Å². The molecule has 252 valence electrons. The molecule has 47 heavy (non-hydrogen) atoms. The Balaban J connectivity index is 1.28. The number of carbonyl (C=O) groups is 2. The van der Waals surface area contributed by atoms with Gasteiger partial charge in [-0.1, -0.05) is 0 Å². The topological polar surface area (TPSA) is 149 Å². The van der Waals surface area contributed by atoms with Crippen LogP contribution in [0.4, 0.5) is 37.2 Å². The van der Waals surface area contributed by atoms with Gasteiger partial charge in [-0.15, -0.1) is 0 Å². The summed E-state index contributed by atoms with van der Waals surface area (Å²) in [7, 11) is -2.07. The van der Waals surface area contributed by atoms with Gasteiger partial charge in [-0.25, -0.2) is 17.2 Å². The second-order valence-corrected chi connectivity index (χ2v) is 14.6. The summed E-state index contributed by atoms with van der Waals surface area (Å²) in [4.78, 5) is 31.0. The molecule has 4 N–H and O–H groups in total. The maximum absolute atomic E-state index is 14.1. The number of halogens is 2. The number of alkyl halides is 2. The lowest BCUT2D eigenvalue weighted by molar-refractivity contribution is -0.0220. The molecule has 0 atom stereocenters. The van der Waals surface area contributed by atoms with E-state index >= 15 is 0 Å². The van der Waals surface area contributed by atoms with Gasteiger partial charge in [-0.05, 0) is 67.5 Å². The summed E-state index contributed by atoms with van der Waals surface area (Å²) in [5.74, 6) is -4.13. The first-order valence-corrected chi connectivity index (χ1v) is 17.4. The molecule has 0 bridgehead atoms. The van der Waals surface area contributed by atoms with Gasteiger partial charge in [-0.3, -0.25) is 19.0 Å². The average Bonchev–Trinajstić information content (AvgIpc) is 3.65. The monoisotopic (exact) mass is 671 g/mol. The van der Waals surface area contributed by atoms with E-state index in [2.05, 4.69) is 25.4 Å². The van der Waals surface area contributed by atoms with E-state index in [9.17, 15) is 26.8 Å². The van der Waals surface area contributed by atoms with Crippen LogP contribution in [-0.2, 0) is 17.1 Å². The minimum atomic E-state index is -3.78. The van der Waals surface area contributed by atoms with Crippen LogP contribution in [-0.4, -0.2) is 79.6 Å². The van der Waals surface area contributed by atoms with E-state index in [1.807, 2.05) is 0 Å². The maximum atomic E-state index is 14.1. The van der Waals surface area contributed by atoms with Gasteiger partial charge >= 0.3 is 0 Å². The van der Waals surface area contributed by atoms with Crippen molar-refractivity contribution >= 4 is 50.3 Å². The number of amides is 2. The zero-order valence-electron chi connectivity index (χ0n) is 26.1. The van der Waals surface area contributed by atoms with Gasteiger partial charge in [-0.2, -0.15) is 5.10 Å². The largest absolute Gasteiger partial charge is 0.395 e. The number of aryl methyl sites for hydroxylation is 1. The van der Waals surface area contributed by atoms with Crippen molar-refractivity contribution in [1.29, 1.82) is 0 Å². The van der Waals surface area contributed by atoms with E-state index in [-0.39, 0.29) is 37.2 Å². The Kier molecular flexibility index (Phi) is 8.87. The van der Waals surface area contributed by atoms with Crippen molar-refractivity contribution < 1.29 is 31.9 Å². The van der Waals surface area contributed by atoms with Crippen LogP contribution in [0.15, 0.2) is 48.8 Å². The van der Waals surface area contributed by atoms with Crippen LogP contribution in [0.1, 0.15) is 59.2 Å². The summed E-state index contributed by atoms with van der Waals surface area (Å²) in [6.07, 6.45) is 6.78. The lowest BCUT2D eigenvalue weighted by Gasteiger charge is -2.35. The van der Waals surface area contributed by atoms with Crippen molar-refractivity contribution in [2.75, 3.05) is 63.7 Å². The van der Waals surface area contributed by atoms with Gasteiger partial charge in [0.2, 0.25) is 10.0 Å². The fourth-order valence-corrected chi connectivity index (χ4v) is 7.15. The molecule has 3 aliphatic rings. The van der Waals surface area contributed by atoms with Crippen molar-refractivity contribution in [1.82, 2.24) is 9.78 Å². The SMILES string of the molecule is Cn1cc(NC(=O)c2ccc(NC(=O)c3ccc(NS(=O)(=O)CCO)cc3N3CCC4(CC3)CC4)cc2N2CCC(F)(F)CC2)cn1. The molecule has 1 aromatic heterocycles. The highest BCUT2D eigenvalue weighted by molar-refractivity contribution is 7.92. The minimum absolute atomic E-state index is 0.0336. The first-order chi connectivity index (χ1) is 22.3. The summed E-state index contributed by atoms with van der Waals surface area (Å²) in [5, 5.41) is 18.9. The van der Waals surface area contributed by atoms with Crippen molar-refractivity contribution in [2.45, 2.75) is 44.4 Å². The lowest BCUT2D eigenvalue weighted by Crippen LogP contribution is -2.40.